The molecule has 128 valence electrons. The zero-order valence-corrected chi connectivity index (χ0v) is 14.4. The van der Waals surface area contributed by atoms with E-state index in [0.717, 1.165) is 16.9 Å². The van der Waals surface area contributed by atoms with Gasteiger partial charge in [-0.3, -0.25) is 9.59 Å². The molecule has 0 radical (unpaired) electrons. The number of carbonyl (C=O) groups is 2. The Labute approximate surface area is 143 Å². The molecule has 2 rings (SSSR count). The van der Waals surface area contributed by atoms with Crippen molar-refractivity contribution in [3.05, 3.63) is 47.3 Å². The van der Waals surface area contributed by atoms with Crippen molar-refractivity contribution in [2.45, 2.75) is 11.1 Å². The van der Waals surface area contributed by atoms with Crippen LogP contribution in [-0.2, 0) is 24.3 Å². The van der Waals surface area contributed by atoms with E-state index in [1.807, 2.05) is 19.1 Å². The summed E-state index contributed by atoms with van der Waals surface area (Å²) in [6.07, 6.45) is 0. The van der Waals surface area contributed by atoms with Gasteiger partial charge in [0.1, 0.15) is 10.8 Å². The summed E-state index contributed by atoms with van der Waals surface area (Å²) in [6, 6.07) is 10.1. The van der Waals surface area contributed by atoms with E-state index in [1.54, 1.807) is 23.6 Å². The van der Waals surface area contributed by atoms with Gasteiger partial charge in [-0.25, -0.2) is 8.42 Å². The van der Waals surface area contributed by atoms with Gasteiger partial charge < -0.3 is 10.1 Å². The number of amides is 1. The van der Waals surface area contributed by atoms with Crippen LogP contribution in [0.4, 0.5) is 5.69 Å². The van der Waals surface area contributed by atoms with E-state index < -0.39 is 35.1 Å². The molecule has 0 saturated heterocycles. The molecule has 9 heteroatoms. The van der Waals surface area contributed by atoms with Crippen LogP contribution in [0.3, 0.4) is 0 Å². The molecule has 1 heterocycles. The van der Waals surface area contributed by atoms with Crippen LogP contribution in [0.5, 0.6) is 0 Å². The summed E-state index contributed by atoms with van der Waals surface area (Å²) < 4.78 is 30.6. The number of hydrogen-bond acceptors (Lipinski definition) is 6. The van der Waals surface area contributed by atoms with Crippen molar-refractivity contribution in [3.8, 4) is 0 Å². The van der Waals surface area contributed by atoms with E-state index in [2.05, 4.69) is 10.0 Å². The van der Waals surface area contributed by atoms with Crippen LogP contribution in [0.2, 0.25) is 0 Å². The summed E-state index contributed by atoms with van der Waals surface area (Å²) in [4.78, 5) is 23.2. The van der Waals surface area contributed by atoms with Crippen LogP contribution >= 0.6 is 11.3 Å². The highest BCUT2D eigenvalue weighted by molar-refractivity contribution is 7.91. The predicted molar refractivity (Wildman–Crippen MR) is 90.3 cm³/mol. The zero-order chi connectivity index (χ0) is 17.6. The molecule has 0 atom stereocenters. The molecule has 1 aromatic carbocycles. The second-order valence-electron chi connectivity index (χ2n) is 4.83. The second kappa shape index (κ2) is 8.04. The van der Waals surface area contributed by atoms with Gasteiger partial charge in [0.15, 0.2) is 6.61 Å². The Balaban J connectivity index is 1.75. The van der Waals surface area contributed by atoms with Gasteiger partial charge in [-0.15, -0.1) is 11.3 Å². The molecule has 0 bridgehead atoms. The summed E-state index contributed by atoms with van der Waals surface area (Å²) in [5, 5.41) is 4.18. The first-order valence-corrected chi connectivity index (χ1v) is 9.28. The first kappa shape index (κ1) is 18.1. The van der Waals surface area contributed by atoms with Gasteiger partial charge in [-0.05, 0) is 30.5 Å². The lowest BCUT2D eigenvalue weighted by atomic mass is 10.2. The van der Waals surface area contributed by atoms with E-state index >= 15 is 0 Å². The Hall–Kier alpha value is -2.23. The highest BCUT2D eigenvalue weighted by Gasteiger charge is 2.17. The molecule has 7 nitrogen and oxygen atoms in total. The molecule has 24 heavy (non-hydrogen) atoms. The maximum atomic E-state index is 11.8. The third-order valence-electron chi connectivity index (χ3n) is 2.87. The van der Waals surface area contributed by atoms with Crippen LogP contribution in [0.1, 0.15) is 5.56 Å². The number of carbonyl (C=O) groups excluding carboxylic acids is 2. The lowest BCUT2D eigenvalue weighted by Crippen LogP contribution is -2.32. The Morgan fingerprint density at radius 3 is 2.50 bits per heavy atom. The van der Waals surface area contributed by atoms with Crippen molar-refractivity contribution in [3.63, 3.8) is 0 Å². The number of anilines is 1. The summed E-state index contributed by atoms with van der Waals surface area (Å²) >= 11 is 1.04. The average molecular weight is 368 g/mol. The molecule has 1 aromatic heterocycles. The van der Waals surface area contributed by atoms with Gasteiger partial charge in [-0.1, -0.05) is 23.8 Å². The van der Waals surface area contributed by atoms with Crippen molar-refractivity contribution in [1.82, 2.24) is 4.72 Å². The van der Waals surface area contributed by atoms with E-state index in [-0.39, 0.29) is 4.21 Å². The monoisotopic (exact) mass is 368 g/mol. The Bertz CT molecular complexity index is 799. The summed E-state index contributed by atoms with van der Waals surface area (Å²) in [7, 11) is -3.74. The maximum absolute atomic E-state index is 11.8. The number of hydrogen-bond donors (Lipinski definition) is 2. The van der Waals surface area contributed by atoms with Crippen molar-refractivity contribution < 1.29 is 22.7 Å². The molecule has 2 N–H and O–H groups in total. The number of aryl methyl sites for hydroxylation is 1. The van der Waals surface area contributed by atoms with Crippen LogP contribution in [0.15, 0.2) is 46.0 Å². The molecule has 0 aliphatic rings. The van der Waals surface area contributed by atoms with Crippen LogP contribution in [0, 0.1) is 6.92 Å². The van der Waals surface area contributed by atoms with Crippen LogP contribution in [0.25, 0.3) is 0 Å². The van der Waals surface area contributed by atoms with Crippen molar-refractivity contribution >= 4 is 38.9 Å². The summed E-state index contributed by atoms with van der Waals surface area (Å²) in [5.74, 6) is -1.34. The normalized spacial score (nSPS) is 11.0. The van der Waals surface area contributed by atoms with Gasteiger partial charge in [-0.2, -0.15) is 4.72 Å². The smallest absolute Gasteiger partial charge is 0.321 e. The Kier molecular flexibility index (Phi) is 6.07. The quantitative estimate of drug-likeness (QED) is 0.722. The second-order valence-corrected chi connectivity index (χ2v) is 7.77. The standard InChI is InChI=1S/C15H16N2O5S2/c1-11-4-6-12(7-5-11)17-13(18)10-22-14(19)9-16-24(20,21)15-3-2-8-23-15/h2-8,16H,9-10H2,1H3,(H,17,18). The summed E-state index contributed by atoms with van der Waals surface area (Å²) in [6.45, 7) is 0.885. The van der Waals surface area contributed by atoms with E-state index in [1.165, 1.54) is 6.07 Å². The minimum absolute atomic E-state index is 0.104. The first-order chi connectivity index (χ1) is 11.4. The number of thiophene rings is 1. The molecule has 0 aliphatic carbocycles. The fraction of sp³-hybridized carbons (Fsp3) is 0.200. The number of ether oxygens (including phenoxy) is 1. The van der Waals surface area contributed by atoms with Gasteiger partial charge in [0, 0.05) is 5.69 Å². The SMILES string of the molecule is Cc1ccc(NC(=O)COC(=O)CNS(=O)(=O)c2cccs2)cc1. The molecule has 0 fully saturated rings. The third-order valence-corrected chi connectivity index (χ3v) is 5.66. The van der Waals surface area contributed by atoms with E-state index in [9.17, 15) is 18.0 Å². The molecule has 0 spiro atoms. The lowest BCUT2D eigenvalue weighted by Gasteiger charge is -2.07. The lowest BCUT2D eigenvalue weighted by molar-refractivity contribution is -0.146. The predicted octanol–water partition coefficient (Wildman–Crippen LogP) is 1.52. The fourth-order valence-corrected chi connectivity index (χ4v) is 3.68. The minimum Gasteiger partial charge on any atom is -0.455 e. The third kappa shape index (κ3) is 5.44. The van der Waals surface area contributed by atoms with Crippen LogP contribution in [-0.4, -0.2) is 33.4 Å². The largest absolute Gasteiger partial charge is 0.455 e. The Morgan fingerprint density at radius 1 is 1.17 bits per heavy atom. The highest BCUT2D eigenvalue weighted by Crippen LogP contribution is 2.14. The minimum atomic E-state index is -3.74. The molecule has 1 amide bonds. The van der Waals surface area contributed by atoms with Gasteiger partial charge in [0.05, 0.1) is 0 Å². The van der Waals surface area contributed by atoms with Crippen molar-refractivity contribution in [2.24, 2.45) is 0 Å². The average Bonchev–Trinajstić information content (AvgIpc) is 3.09. The zero-order valence-electron chi connectivity index (χ0n) is 12.8. The number of esters is 1. The van der Waals surface area contributed by atoms with Crippen LogP contribution < -0.4 is 10.0 Å². The molecular weight excluding hydrogens is 352 g/mol. The highest BCUT2D eigenvalue weighted by atomic mass is 32.2. The number of nitrogens with one attached hydrogen (secondary N) is 2. The molecule has 0 saturated carbocycles. The van der Waals surface area contributed by atoms with Crippen molar-refractivity contribution in [1.29, 1.82) is 0 Å². The summed E-state index contributed by atoms with van der Waals surface area (Å²) in [5.41, 5.74) is 1.64. The molecule has 0 unspecified atom stereocenters. The maximum Gasteiger partial charge on any atom is 0.321 e. The molecule has 2 aromatic rings. The van der Waals surface area contributed by atoms with E-state index in [4.69, 9.17) is 4.74 Å². The van der Waals surface area contributed by atoms with Crippen molar-refractivity contribution in [2.75, 3.05) is 18.5 Å². The first-order valence-electron chi connectivity index (χ1n) is 6.92. The van der Waals surface area contributed by atoms with Gasteiger partial charge in [0.25, 0.3) is 15.9 Å². The number of sulfonamides is 1. The van der Waals surface area contributed by atoms with E-state index in [0.29, 0.717) is 5.69 Å². The van der Waals surface area contributed by atoms with Gasteiger partial charge >= 0.3 is 5.97 Å². The number of rotatable bonds is 7. The topological polar surface area (TPSA) is 102 Å². The van der Waals surface area contributed by atoms with Gasteiger partial charge in [0.2, 0.25) is 0 Å². The Morgan fingerprint density at radius 2 is 1.88 bits per heavy atom. The number of benzene rings is 1. The molecular formula is C15H16N2O5S2. The fourth-order valence-electron chi connectivity index (χ4n) is 1.67. The molecule has 0 aliphatic heterocycles.